The number of carbonyl (C=O) groups is 1. The van der Waals surface area contributed by atoms with Gasteiger partial charge < -0.3 is 24.7 Å². The van der Waals surface area contributed by atoms with Crippen molar-refractivity contribution in [2.45, 2.75) is 68.2 Å². The number of piperidine rings is 1. The lowest BCUT2D eigenvalue weighted by Gasteiger charge is -2.42. The minimum absolute atomic E-state index is 0.0848. The van der Waals surface area contributed by atoms with Crippen LogP contribution in [-0.2, 0) is 9.47 Å². The van der Waals surface area contributed by atoms with Gasteiger partial charge in [0.2, 0.25) is 0 Å². The molecule has 2 aromatic heterocycles. The van der Waals surface area contributed by atoms with Crippen molar-refractivity contribution in [1.82, 2.24) is 25.3 Å². The molecule has 2 aliphatic heterocycles. The molecule has 0 unspecified atom stereocenters. The lowest BCUT2D eigenvalue weighted by atomic mass is 9.73. The summed E-state index contributed by atoms with van der Waals surface area (Å²) in [6.45, 7) is 9.72. The number of carbonyl (C=O) groups excluding carboxylic acids is 1. The van der Waals surface area contributed by atoms with Crippen LogP contribution in [0.3, 0.4) is 0 Å². The molecule has 0 radical (unpaired) electrons. The van der Waals surface area contributed by atoms with Gasteiger partial charge in [-0.25, -0.2) is 19.7 Å². The van der Waals surface area contributed by atoms with Crippen LogP contribution in [0.4, 0.5) is 10.6 Å². The second-order valence-corrected chi connectivity index (χ2v) is 12.2. The summed E-state index contributed by atoms with van der Waals surface area (Å²) < 4.78 is 11.5. The highest BCUT2D eigenvalue weighted by molar-refractivity contribution is 7.99. The first-order valence-electron chi connectivity index (χ1n) is 12.6. The molecular formula is C26H31ClN6O4S. The van der Waals surface area contributed by atoms with Gasteiger partial charge in [-0.3, -0.25) is 4.79 Å². The van der Waals surface area contributed by atoms with Gasteiger partial charge in [0.25, 0.3) is 5.56 Å². The predicted octanol–water partition coefficient (Wildman–Crippen LogP) is 4.42. The summed E-state index contributed by atoms with van der Waals surface area (Å²) in [7, 11) is 0. The number of nitrogens with zero attached hydrogens (tertiary/aromatic N) is 4. The molecule has 38 heavy (non-hydrogen) atoms. The number of nitrogens with one attached hydrogen (secondary N) is 2. The fourth-order valence-corrected chi connectivity index (χ4v) is 6.27. The summed E-state index contributed by atoms with van der Waals surface area (Å²) >= 11 is 7.86. The third-order valence-corrected chi connectivity index (χ3v) is 8.54. The molecule has 10 nitrogen and oxygen atoms in total. The van der Waals surface area contributed by atoms with E-state index in [2.05, 4.69) is 30.2 Å². The number of halogens is 1. The Morgan fingerprint density at radius 2 is 2.00 bits per heavy atom. The molecule has 4 heterocycles. The summed E-state index contributed by atoms with van der Waals surface area (Å²) in [6, 6.07) is 3.48. The van der Waals surface area contributed by atoms with E-state index in [-0.39, 0.29) is 23.1 Å². The van der Waals surface area contributed by atoms with E-state index < -0.39 is 11.7 Å². The van der Waals surface area contributed by atoms with Crippen LogP contribution in [0.25, 0.3) is 10.9 Å². The van der Waals surface area contributed by atoms with Crippen molar-refractivity contribution in [2.24, 2.45) is 5.41 Å². The summed E-state index contributed by atoms with van der Waals surface area (Å²) in [5.74, 6) is 0.790. The van der Waals surface area contributed by atoms with Gasteiger partial charge in [0.1, 0.15) is 16.4 Å². The van der Waals surface area contributed by atoms with Gasteiger partial charge in [-0.2, -0.15) is 0 Å². The monoisotopic (exact) mass is 558 g/mol. The van der Waals surface area contributed by atoms with Gasteiger partial charge in [0.05, 0.1) is 53.4 Å². The minimum Gasteiger partial charge on any atom is -0.444 e. The zero-order chi connectivity index (χ0) is 27.1. The van der Waals surface area contributed by atoms with Gasteiger partial charge in [-0.05, 0) is 52.7 Å². The lowest BCUT2D eigenvalue weighted by molar-refractivity contribution is 0.0434. The first kappa shape index (κ1) is 26.7. The largest absolute Gasteiger partial charge is 0.444 e. The average Bonchev–Trinajstić information content (AvgIpc) is 3.15. The van der Waals surface area contributed by atoms with Crippen LogP contribution in [0.15, 0.2) is 45.6 Å². The summed E-state index contributed by atoms with van der Waals surface area (Å²) in [5.41, 5.74) is -0.438. The summed E-state index contributed by atoms with van der Waals surface area (Å²) in [4.78, 5) is 43.6. The number of fused-ring (bicyclic) bond motifs is 1. The highest BCUT2D eigenvalue weighted by atomic mass is 35.5. The Kier molecular flexibility index (Phi) is 7.27. The standard InChI is InChI=1S/C26H31ClN6O4S/c1-15-22(32-24(35)37-25(2,3)4)26(13-36-15)7-9-33(10-8-26)18-11-29-19(12-28-18)38-17-6-5-16-20(21(17)27)23(34)31-14-30-16/h5-6,11-12,14-15,22H,7-10,13H2,1-4H3,(H,32,35)(H,30,31,34)/t15-,22+/m0/s1. The molecule has 2 atom stereocenters. The molecule has 1 spiro atoms. The van der Waals surface area contributed by atoms with Gasteiger partial charge in [0.15, 0.2) is 0 Å². The van der Waals surface area contributed by atoms with Gasteiger partial charge in [-0.15, -0.1) is 0 Å². The summed E-state index contributed by atoms with van der Waals surface area (Å²) in [5, 5.41) is 4.45. The molecule has 3 aromatic rings. The number of hydrogen-bond acceptors (Lipinski definition) is 9. The second-order valence-electron chi connectivity index (χ2n) is 10.8. The Bertz CT molecular complexity index is 1390. The van der Waals surface area contributed by atoms with E-state index in [1.54, 1.807) is 18.5 Å². The third-order valence-electron chi connectivity index (χ3n) is 7.06. The Hall–Kier alpha value is -2.89. The van der Waals surface area contributed by atoms with E-state index in [0.717, 1.165) is 31.7 Å². The number of amides is 1. The maximum absolute atomic E-state index is 12.5. The maximum Gasteiger partial charge on any atom is 0.407 e. The number of aromatic amines is 1. The number of H-pyrrole nitrogens is 1. The van der Waals surface area contributed by atoms with E-state index in [0.29, 0.717) is 32.5 Å². The van der Waals surface area contributed by atoms with Gasteiger partial charge in [0, 0.05) is 23.4 Å². The van der Waals surface area contributed by atoms with Crippen LogP contribution in [-0.4, -0.2) is 63.5 Å². The number of anilines is 1. The zero-order valence-corrected chi connectivity index (χ0v) is 23.4. The molecule has 12 heteroatoms. The molecule has 202 valence electrons. The van der Waals surface area contributed by atoms with Crippen LogP contribution < -0.4 is 15.8 Å². The SMILES string of the molecule is C[C@@H]1OCC2(CCN(c3cnc(Sc4ccc5nc[nH]c(=O)c5c4Cl)cn3)CC2)[C@@H]1NC(=O)OC(C)(C)C. The molecule has 1 aromatic carbocycles. The molecule has 0 saturated carbocycles. The lowest BCUT2D eigenvalue weighted by Crippen LogP contribution is -2.55. The van der Waals surface area contributed by atoms with Crippen LogP contribution >= 0.6 is 23.4 Å². The smallest absolute Gasteiger partial charge is 0.407 e. The summed E-state index contributed by atoms with van der Waals surface area (Å²) in [6.07, 6.45) is 6.04. The van der Waals surface area contributed by atoms with Gasteiger partial charge in [-0.1, -0.05) is 23.4 Å². The van der Waals surface area contributed by atoms with Crippen molar-refractivity contribution in [3.63, 3.8) is 0 Å². The predicted molar refractivity (Wildman–Crippen MR) is 146 cm³/mol. The van der Waals surface area contributed by atoms with Crippen molar-refractivity contribution in [2.75, 3.05) is 24.6 Å². The van der Waals surface area contributed by atoms with Crippen LogP contribution in [0.5, 0.6) is 0 Å². The van der Waals surface area contributed by atoms with E-state index in [9.17, 15) is 9.59 Å². The van der Waals surface area contributed by atoms with Crippen LogP contribution in [0.2, 0.25) is 5.02 Å². The topological polar surface area (TPSA) is 122 Å². The van der Waals surface area contributed by atoms with Crippen LogP contribution in [0, 0.1) is 5.41 Å². The molecule has 2 N–H and O–H groups in total. The molecule has 0 bridgehead atoms. The molecule has 5 rings (SSSR count). The number of rotatable bonds is 4. The van der Waals surface area contributed by atoms with Crippen molar-refractivity contribution >= 4 is 46.2 Å². The molecule has 0 aliphatic carbocycles. The van der Waals surface area contributed by atoms with E-state index >= 15 is 0 Å². The molecule has 2 aliphatic rings. The highest BCUT2D eigenvalue weighted by Gasteiger charge is 2.50. The molecule has 2 saturated heterocycles. The van der Waals surface area contributed by atoms with Crippen LogP contribution in [0.1, 0.15) is 40.5 Å². The van der Waals surface area contributed by atoms with E-state index in [1.165, 1.54) is 18.1 Å². The van der Waals surface area contributed by atoms with E-state index in [1.807, 2.05) is 33.8 Å². The number of hydrogen-bond donors (Lipinski definition) is 2. The highest BCUT2D eigenvalue weighted by Crippen LogP contribution is 2.43. The van der Waals surface area contributed by atoms with Crippen molar-refractivity contribution in [3.05, 3.63) is 46.2 Å². The Balaban J connectivity index is 1.24. The zero-order valence-electron chi connectivity index (χ0n) is 21.8. The number of aromatic nitrogens is 4. The minimum atomic E-state index is -0.555. The average molecular weight is 559 g/mol. The molecule has 2 fully saturated rings. The first-order valence-corrected chi connectivity index (χ1v) is 13.8. The second kappa shape index (κ2) is 10.3. The van der Waals surface area contributed by atoms with Crippen molar-refractivity contribution in [3.8, 4) is 0 Å². The molecule has 1 amide bonds. The Morgan fingerprint density at radius 1 is 1.24 bits per heavy atom. The number of benzene rings is 1. The number of ether oxygens (including phenoxy) is 2. The first-order chi connectivity index (χ1) is 18.0. The Morgan fingerprint density at radius 3 is 2.68 bits per heavy atom. The molecular weight excluding hydrogens is 528 g/mol. The fraction of sp³-hybridized carbons (Fsp3) is 0.500. The number of alkyl carbamates (subject to hydrolysis) is 1. The normalized spacial score (nSPS) is 21.1. The van der Waals surface area contributed by atoms with E-state index in [4.69, 9.17) is 21.1 Å². The third kappa shape index (κ3) is 5.45. The fourth-order valence-electron chi connectivity index (χ4n) is 5.14. The Labute approximate surface area is 229 Å². The van der Waals surface area contributed by atoms with Crippen molar-refractivity contribution in [1.29, 1.82) is 0 Å². The van der Waals surface area contributed by atoms with Crippen molar-refractivity contribution < 1.29 is 14.3 Å². The maximum atomic E-state index is 12.5. The van der Waals surface area contributed by atoms with Gasteiger partial charge >= 0.3 is 6.09 Å². The quantitative estimate of drug-likeness (QED) is 0.479.